The van der Waals surface area contributed by atoms with Gasteiger partial charge in [-0.15, -0.1) is 0 Å². The van der Waals surface area contributed by atoms with E-state index in [9.17, 15) is 23.1 Å². The molecule has 2 aromatic carbocycles. The number of sulfone groups is 1. The van der Waals surface area contributed by atoms with Crippen LogP contribution in [0, 0.1) is 10.1 Å². The Morgan fingerprint density at radius 3 is 2.29 bits per heavy atom. The van der Waals surface area contributed by atoms with Gasteiger partial charge in [0.15, 0.2) is 9.84 Å². The fraction of sp³-hybridized carbons (Fsp3) is 0.368. The monoisotopic (exact) mass is 467 g/mol. The summed E-state index contributed by atoms with van der Waals surface area (Å²) in [6.45, 7) is 4.59. The summed E-state index contributed by atoms with van der Waals surface area (Å²) in [5.41, 5.74) is 0.282. The minimum Gasteiger partial charge on any atom is -0.450 e. The third-order valence-electron chi connectivity index (χ3n) is 4.97. The van der Waals surface area contributed by atoms with Crippen LogP contribution in [-0.4, -0.2) is 55.1 Å². The normalized spacial score (nSPS) is 17.9. The van der Waals surface area contributed by atoms with Gasteiger partial charge in [0.25, 0.3) is 0 Å². The van der Waals surface area contributed by atoms with Crippen molar-refractivity contribution in [3.63, 3.8) is 0 Å². The summed E-state index contributed by atoms with van der Waals surface area (Å²) >= 11 is 0. The molecule has 0 aliphatic carbocycles. The zero-order valence-electron chi connectivity index (χ0n) is 17.0. The molecule has 2 fully saturated rings. The van der Waals surface area contributed by atoms with Gasteiger partial charge in [-0.2, -0.15) is 0 Å². The highest BCUT2D eigenvalue weighted by Gasteiger charge is 2.50. The summed E-state index contributed by atoms with van der Waals surface area (Å²) in [5, 5.41) is 11.5. The fourth-order valence-electron chi connectivity index (χ4n) is 3.09. The van der Waals surface area contributed by atoms with Crippen molar-refractivity contribution in [2.75, 3.05) is 32.4 Å². The SMILES string of the molecule is CC(OP(=O)(N1CC1)N1CC1)c1ccc([N+](=O)[O-])c(Oc2cccc(S(C)(=O)=O)c2)c1. The number of nitro benzene ring substituents is 1. The lowest BCUT2D eigenvalue weighted by Crippen LogP contribution is -2.10. The van der Waals surface area contributed by atoms with Gasteiger partial charge in [0.1, 0.15) is 5.75 Å². The third-order valence-corrected chi connectivity index (χ3v) is 8.90. The maximum Gasteiger partial charge on any atom is 0.346 e. The number of benzene rings is 2. The zero-order valence-corrected chi connectivity index (χ0v) is 18.7. The number of hydrogen-bond donors (Lipinski definition) is 0. The first kappa shape index (κ1) is 21.9. The summed E-state index contributed by atoms with van der Waals surface area (Å²) in [7, 11) is -6.54. The molecule has 12 heteroatoms. The van der Waals surface area contributed by atoms with Crippen LogP contribution in [0.3, 0.4) is 0 Å². The summed E-state index contributed by atoms with van der Waals surface area (Å²) in [4.78, 5) is 10.9. The number of nitrogens with zero attached hydrogens (tertiary/aromatic N) is 3. The van der Waals surface area contributed by atoms with Gasteiger partial charge >= 0.3 is 13.4 Å². The molecule has 0 bridgehead atoms. The second-order valence-electron chi connectivity index (χ2n) is 7.48. The summed E-state index contributed by atoms with van der Waals surface area (Å²) in [6.07, 6.45) is 0.468. The molecule has 2 aliphatic heterocycles. The molecule has 0 saturated carbocycles. The molecular weight excluding hydrogens is 445 g/mol. The van der Waals surface area contributed by atoms with E-state index in [0.717, 1.165) is 6.26 Å². The Labute approximate surface area is 180 Å². The van der Waals surface area contributed by atoms with Crippen molar-refractivity contribution in [3.8, 4) is 11.5 Å². The minimum absolute atomic E-state index is 0.0402. The van der Waals surface area contributed by atoms with Crippen molar-refractivity contribution < 1.29 is 27.2 Å². The van der Waals surface area contributed by atoms with Gasteiger partial charge in [0.2, 0.25) is 5.75 Å². The van der Waals surface area contributed by atoms with Gasteiger partial charge in [0.05, 0.1) is 15.9 Å². The number of nitro groups is 1. The average Bonchev–Trinajstić information content (AvgIpc) is 3.59. The first-order valence-electron chi connectivity index (χ1n) is 9.63. The second kappa shape index (κ2) is 7.99. The molecule has 0 radical (unpaired) electrons. The maximum atomic E-state index is 13.2. The lowest BCUT2D eigenvalue weighted by atomic mass is 10.1. The van der Waals surface area contributed by atoms with Crippen LogP contribution in [0.15, 0.2) is 47.4 Å². The van der Waals surface area contributed by atoms with Crippen molar-refractivity contribution in [3.05, 3.63) is 58.1 Å². The van der Waals surface area contributed by atoms with E-state index in [2.05, 4.69) is 0 Å². The third kappa shape index (κ3) is 4.81. The molecule has 0 amide bonds. The highest BCUT2D eigenvalue weighted by molar-refractivity contribution is 7.90. The number of ether oxygens (including phenoxy) is 1. The van der Waals surface area contributed by atoms with Gasteiger partial charge in [-0.25, -0.2) is 17.8 Å². The Kier molecular flexibility index (Phi) is 5.65. The van der Waals surface area contributed by atoms with Crippen LogP contribution >= 0.6 is 7.67 Å². The molecule has 31 heavy (non-hydrogen) atoms. The van der Waals surface area contributed by atoms with E-state index in [1.165, 1.54) is 42.5 Å². The molecular formula is C19H22N3O7PS. The molecule has 1 atom stereocenters. The standard InChI is InChI=1S/C19H22N3O7PS/c1-14(29-30(25,20-8-9-20)21-10-11-21)15-6-7-18(22(23)24)19(12-15)28-16-4-3-5-17(13-16)31(2,26)27/h3-7,12-14H,8-11H2,1-2H3. The van der Waals surface area contributed by atoms with E-state index < -0.39 is 28.5 Å². The number of hydrogen-bond acceptors (Lipinski definition) is 7. The maximum absolute atomic E-state index is 13.2. The van der Waals surface area contributed by atoms with Crippen LogP contribution in [0.2, 0.25) is 0 Å². The Bertz CT molecular complexity index is 1160. The van der Waals surface area contributed by atoms with Crippen LogP contribution in [0.5, 0.6) is 11.5 Å². The summed E-state index contributed by atoms with van der Waals surface area (Å²) < 4.78 is 52.0. The van der Waals surface area contributed by atoms with E-state index in [1.807, 2.05) is 0 Å². The number of rotatable bonds is 9. The first-order valence-corrected chi connectivity index (χ1v) is 13.1. The van der Waals surface area contributed by atoms with E-state index in [4.69, 9.17) is 9.26 Å². The summed E-state index contributed by atoms with van der Waals surface area (Å²) in [6, 6.07) is 10.0. The highest BCUT2D eigenvalue weighted by Crippen LogP contribution is 2.63. The van der Waals surface area contributed by atoms with Crippen molar-refractivity contribution in [2.45, 2.75) is 17.9 Å². The van der Waals surface area contributed by atoms with Crippen LogP contribution in [0.1, 0.15) is 18.6 Å². The topological polar surface area (TPSA) is 119 Å². The molecule has 0 spiro atoms. The van der Waals surface area contributed by atoms with Crippen molar-refractivity contribution >= 4 is 23.2 Å². The van der Waals surface area contributed by atoms with Gasteiger partial charge in [-0.3, -0.25) is 19.2 Å². The molecule has 2 heterocycles. The van der Waals surface area contributed by atoms with Crippen molar-refractivity contribution in [1.29, 1.82) is 0 Å². The van der Waals surface area contributed by atoms with Crippen LogP contribution in [-0.2, 0) is 18.9 Å². The molecule has 0 aromatic heterocycles. The lowest BCUT2D eigenvalue weighted by Gasteiger charge is -2.24. The summed E-state index contributed by atoms with van der Waals surface area (Å²) in [5.74, 6) is 0.0903. The Hall–Kier alpha value is -2.30. The molecule has 2 aromatic rings. The Balaban J connectivity index is 1.62. The van der Waals surface area contributed by atoms with E-state index in [1.54, 1.807) is 16.3 Å². The molecule has 10 nitrogen and oxygen atoms in total. The van der Waals surface area contributed by atoms with Crippen molar-refractivity contribution in [2.24, 2.45) is 0 Å². The Morgan fingerprint density at radius 2 is 1.74 bits per heavy atom. The smallest absolute Gasteiger partial charge is 0.346 e. The van der Waals surface area contributed by atoms with Gasteiger partial charge in [0, 0.05) is 38.5 Å². The van der Waals surface area contributed by atoms with E-state index in [-0.39, 0.29) is 22.1 Å². The van der Waals surface area contributed by atoms with Crippen LogP contribution < -0.4 is 4.74 Å². The van der Waals surface area contributed by atoms with E-state index in [0.29, 0.717) is 31.7 Å². The molecule has 2 aliphatic rings. The quantitative estimate of drug-likeness (QED) is 0.236. The van der Waals surface area contributed by atoms with Gasteiger partial charge < -0.3 is 4.74 Å². The molecule has 166 valence electrons. The highest BCUT2D eigenvalue weighted by atomic mass is 32.2. The largest absolute Gasteiger partial charge is 0.450 e. The molecule has 0 N–H and O–H groups in total. The first-order chi connectivity index (χ1) is 14.6. The Morgan fingerprint density at radius 1 is 1.10 bits per heavy atom. The predicted octanol–water partition coefficient (Wildman–Crippen LogP) is 3.61. The zero-order chi connectivity index (χ0) is 22.4. The van der Waals surface area contributed by atoms with Gasteiger partial charge in [-0.05, 0) is 42.8 Å². The van der Waals surface area contributed by atoms with Crippen molar-refractivity contribution in [1.82, 2.24) is 9.34 Å². The van der Waals surface area contributed by atoms with Crippen LogP contribution in [0.4, 0.5) is 5.69 Å². The fourth-order valence-corrected chi connectivity index (χ4v) is 6.09. The molecule has 4 rings (SSSR count). The second-order valence-corrected chi connectivity index (χ2v) is 11.8. The lowest BCUT2D eigenvalue weighted by molar-refractivity contribution is -0.385. The molecule has 1 unspecified atom stereocenters. The van der Waals surface area contributed by atoms with Gasteiger partial charge in [-0.1, -0.05) is 6.07 Å². The molecule has 2 saturated heterocycles. The van der Waals surface area contributed by atoms with Crippen LogP contribution in [0.25, 0.3) is 0 Å². The minimum atomic E-state index is -3.46. The average molecular weight is 467 g/mol. The predicted molar refractivity (Wildman–Crippen MR) is 113 cm³/mol. The van der Waals surface area contributed by atoms with E-state index >= 15 is 0 Å².